The molecule has 27 heavy (non-hydrogen) atoms. The molecule has 0 bridgehead atoms. The van der Waals surface area contributed by atoms with E-state index in [2.05, 4.69) is 5.32 Å². The Labute approximate surface area is 160 Å². The number of carbonyl (C=O) groups excluding carboxylic acids is 1. The zero-order chi connectivity index (χ0) is 20.0. The Bertz CT molecular complexity index is 934. The number of hydrogen-bond donors (Lipinski definition) is 1. The van der Waals surface area contributed by atoms with E-state index in [4.69, 9.17) is 4.74 Å². The molecule has 1 N–H and O–H groups in total. The Balaban J connectivity index is 2.46. The number of sulfonamides is 1. The first-order chi connectivity index (χ1) is 12.8. The van der Waals surface area contributed by atoms with Crippen LogP contribution in [0.2, 0.25) is 0 Å². The van der Waals surface area contributed by atoms with Gasteiger partial charge in [0.2, 0.25) is 5.91 Å². The van der Waals surface area contributed by atoms with Crippen molar-refractivity contribution in [1.29, 1.82) is 0 Å². The van der Waals surface area contributed by atoms with Crippen LogP contribution in [0.1, 0.15) is 20.8 Å². The smallest absolute Gasteiger partial charge is 0.264 e. The van der Waals surface area contributed by atoms with Gasteiger partial charge in [-0.3, -0.25) is 9.10 Å². The fraction of sp³-hybridized carbons (Fsp3) is 0.250. The highest BCUT2D eigenvalue weighted by atomic mass is 32.2. The molecule has 2 aromatic rings. The molecule has 0 saturated carbocycles. The molecule has 2 aromatic carbocycles. The number of ether oxygens (including phenoxy) is 1. The molecule has 7 heteroatoms. The first-order valence-corrected chi connectivity index (χ1v) is 9.95. The normalized spacial score (nSPS) is 10.8. The average molecular weight is 388 g/mol. The number of nitrogens with zero attached hydrogens (tertiary/aromatic N) is 1. The molecule has 0 aliphatic rings. The third-order valence-electron chi connectivity index (χ3n) is 3.77. The predicted octanol–water partition coefficient (Wildman–Crippen LogP) is 3.82. The standard InChI is InChI=1S/C20H24N2O4S/c1-5-22(16-9-7-6-8-10-16)27(24,25)17-11-12-19(26-4)18(14-17)21-20(23)13-15(2)3/h6-14H,5H2,1-4H3,(H,21,23). The van der Waals surface area contributed by atoms with Crippen molar-refractivity contribution in [1.82, 2.24) is 0 Å². The van der Waals surface area contributed by atoms with E-state index in [1.165, 1.54) is 35.7 Å². The van der Waals surface area contributed by atoms with E-state index in [0.29, 0.717) is 17.1 Å². The lowest BCUT2D eigenvalue weighted by molar-refractivity contribution is -0.112. The van der Waals surface area contributed by atoms with E-state index < -0.39 is 10.0 Å². The summed E-state index contributed by atoms with van der Waals surface area (Å²) in [5, 5.41) is 2.68. The second-order valence-corrected chi connectivity index (χ2v) is 7.94. The molecule has 0 aliphatic carbocycles. The zero-order valence-electron chi connectivity index (χ0n) is 15.9. The summed E-state index contributed by atoms with van der Waals surface area (Å²) in [7, 11) is -2.34. The zero-order valence-corrected chi connectivity index (χ0v) is 16.7. The number of hydrogen-bond acceptors (Lipinski definition) is 4. The summed E-state index contributed by atoms with van der Waals surface area (Å²) in [5.74, 6) is 0.0328. The van der Waals surface area contributed by atoms with E-state index in [-0.39, 0.29) is 17.3 Å². The van der Waals surface area contributed by atoms with Crippen LogP contribution in [0.25, 0.3) is 0 Å². The molecule has 0 aliphatic heterocycles. The highest BCUT2D eigenvalue weighted by molar-refractivity contribution is 7.92. The molecule has 6 nitrogen and oxygen atoms in total. The van der Waals surface area contributed by atoms with Crippen molar-refractivity contribution in [3.63, 3.8) is 0 Å². The molecule has 0 radical (unpaired) electrons. The molecular formula is C20H24N2O4S. The number of para-hydroxylation sites is 1. The van der Waals surface area contributed by atoms with Crippen LogP contribution in [-0.4, -0.2) is 28.0 Å². The first kappa shape index (κ1) is 20.5. The molecule has 144 valence electrons. The van der Waals surface area contributed by atoms with Gasteiger partial charge in [0.25, 0.3) is 10.0 Å². The number of anilines is 2. The van der Waals surface area contributed by atoms with Crippen LogP contribution in [0.15, 0.2) is 65.1 Å². The number of rotatable bonds is 7. The summed E-state index contributed by atoms with van der Waals surface area (Å²) in [6.45, 7) is 5.65. The highest BCUT2D eigenvalue weighted by Crippen LogP contribution is 2.30. The van der Waals surface area contributed by atoms with Gasteiger partial charge in [0, 0.05) is 12.6 Å². The average Bonchev–Trinajstić information content (AvgIpc) is 2.62. The molecular weight excluding hydrogens is 364 g/mol. The Hall–Kier alpha value is -2.80. The Morgan fingerprint density at radius 1 is 1.15 bits per heavy atom. The van der Waals surface area contributed by atoms with Gasteiger partial charge in [0.05, 0.1) is 23.4 Å². The van der Waals surface area contributed by atoms with Gasteiger partial charge >= 0.3 is 0 Å². The number of benzene rings is 2. The van der Waals surface area contributed by atoms with Gasteiger partial charge in [0.15, 0.2) is 0 Å². The fourth-order valence-electron chi connectivity index (χ4n) is 2.59. The molecule has 0 saturated heterocycles. The molecule has 0 unspecified atom stereocenters. The molecule has 0 spiro atoms. The van der Waals surface area contributed by atoms with Gasteiger partial charge in [-0.1, -0.05) is 23.8 Å². The fourth-order valence-corrected chi connectivity index (χ4v) is 4.09. The van der Waals surface area contributed by atoms with E-state index in [1.54, 1.807) is 45.0 Å². The second kappa shape index (κ2) is 8.73. The summed E-state index contributed by atoms with van der Waals surface area (Å²) >= 11 is 0. The van der Waals surface area contributed by atoms with Crippen LogP contribution >= 0.6 is 0 Å². The molecule has 0 aromatic heterocycles. The van der Waals surface area contributed by atoms with E-state index >= 15 is 0 Å². The van der Waals surface area contributed by atoms with Crippen molar-refractivity contribution in [2.24, 2.45) is 0 Å². The maximum atomic E-state index is 13.1. The van der Waals surface area contributed by atoms with Gasteiger partial charge in [-0.2, -0.15) is 0 Å². The van der Waals surface area contributed by atoms with Crippen LogP contribution < -0.4 is 14.4 Å². The minimum Gasteiger partial charge on any atom is -0.495 e. The quantitative estimate of drug-likeness (QED) is 0.732. The summed E-state index contributed by atoms with van der Waals surface area (Å²) < 4.78 is 32.8. The molecule has 0 fully saturated rings. The first-order valence-electron chi connectivity index (χ1n) is 8.51. The Morgan fingerprint density at radius 2 is 1.81 bits per heavy atom. The van der Waals surface area contributed by atoms with Crippen LogP contribution in [0.3, 0.4) is 0 Å². The topological polar surface area (TPSA) is 75.7 Å². The van der Waals surface area contributed by atoms with Crippen LogP contribution in [-0.2, 0) is 14.8 Å². The van der Waals surface area contributed by atoms with Gasteiger partial charge in [0.1, 0.15) is 5.75 Å². The maximum Gasteiger partial charge on any atom is 0.264 e. The van der Waals surface area contributed by atoms with Gasteiger partial charge in [-0.15, -0.1) is 0 Å². The third-order valence-corrected chi connectivity index (χ3v) is 5.67. The number of nitrogens with one attached hydrogen (secondary N) is 1. The summed E-state index contributed by atoms with van der Waals surface area (Å²) in [4.78, 5) is 12.1. The summed E-state index contributed by atoms with van der Waals surface area (Å²) in [5.41, 5.74) is 1.70. The molecule has 0 atom stereocenters. The van der Waals surface area contributed by atoms with Crippen molar-refractivity contribution in [3.05, 3.63) is 60.2 Å². The molecule has 2 rings (SSSR count). The highest BCUT2D eigenvalue weighted by Gasteiger charge is 2.24. The monoisotopic (exact) mass is 388 g/mol. The van der Waals surface area contributed by atoms with Gasteiger partial charge in [-0.05, 0) is 51.1 Å². The molecule has 0 heterocycles. The maximum absolute atomic E-state index is 13.1. The summed E-state index contributed by atoms with van der Waals surface area (Å²) in [6.07, 6.45) is 1.43. The lowest BCUT2D eigenvalue weighted by Crippen LogP contribution is -2.30. The van der Waals surface area contributed by atoms with Crippen molar-refractivity contribution in [2.75, 3.05) is 23.3 Å². The van der Waals surface area contributed by atoms with E-state index in [1.807, 2.05) is 6.07 Å². The Kier molecular flexibility index (Phi) is 6.63. The Morgan fingerprint density at radius 3 is 2.37 bits per heavy atom. The van der Waals surface area contributed by atoms with Crippen molar-refractivity contribution < 1.29 is 17.9 Å². The van der Waals surface area contributed by atoms with Crippen LogP contribution in [0.4, 0.5) is 11.4 Å². The van der Waals surface area contributed by atoms with Crippen molar-refractivity contribution >= 4 is 27.3 Å². The predicted molar refractivity (Wildman–Crippen MR) is 108 cm³/mol. The van der Waals surface area contributed by atoms with Crippen LogP contribution in [0, 0.1) is 0 Å². The summed E-state index contributed by atoms with van der Waals surface area (Å²) in [6, 6.07) is 13.3. The largest absolute Gasteiger partial charge is 0.495 e. The minimum absolute atomic E-state index is 0.0708. The van der Waals surface area contributed by atoms with E-state index in [9.17, 15) is 13.2 Å². The SMILES string of the molecule is CCN(c1ccccc1)S(=O)(=O)c1ccc(OC)c(NC(=O)C=C(C)C)c1. The van der Waals surface area contributed by atoms with Gasteiger partial charge in [-0.25, -0.2) is 8.42 Å². The minimum atomic E-state index is -3.80. The number of amides is 1. The van der Waals surface area contributed by atoms with Gasteiger partial charge < -0.3 is 10.1 Å². The second-order valence-electron chi connectivity index (χ2n) is 6.08. The lowest BCUT2D eigenvalue weighted by Gasteiger charge is -2.23. The van der Waals surface area contributed by atoms with Crippen LogP contribution in [0.5, 0.6) is 5.75 Å². The molecule has 1 amide bonds. The van der Waals surface area contributed by atoms with Crippen molar-refractivity contribution in [3.8, 4) is 5.75 Å². The van der Waals surface area contributed by atoms with E-state index in [0.717, 1.165) is 5.57 Å². The lowest BCUT2D eigenvalue weighted by atomic mass is 10.2. The third kappa shape index (κ3) is 4.89. The number of carbonyl (C=O) groups is 1. The number of allylic oxidation sites excluding steroid dienone is 1. The number of methoxy groups -OCH3 is 1. The van der Waals surface area contributed by atoms with Crippen molar-refractivity contribution in [2.45, 2.75) is 25.7 Å².